The Morgan fingerprint density at radius 3 is 2.65 bits per heavy atom. The summed E-state index contributed by atoms with van der Waals surface area (Å²) in [6.07, 6.45) is 0. The molecule has 2 aromatic carbocycles. The van der Waals surface area contributed by atoms with Crippen LogP contribution in [0.1, 0.15) is 11.1 Å². The van der Waals surface area contributed by atoms with Crippen LogP contribution in [0.25, 0.3) is 11.0 Å². The highest BCUT2D eigenvalue weighted by atomic mass is 19.1. The summed E-state index contributed by atoms with van der Waals surface area (Å²) in [4.78, 5) is 4.15. The number of hydrogen-bond acceptors (Lipinski definition) is 3. The highest BCUT2D eigenvalue weighted by Crippen LogP contribution is 2.20. The van der Waals surface area contributed by atoms with Crippen molar-refractivity contribution >= 4 is 17.0 Å². The summed E-state index contributed by atoms with van der Waals surface area (Å²) in [7, 11) is 0. The van der Waals surface area contributed by atoms with E-state index in [2.05, 4.69) is 11.1 Å². The average Bonchev–Trinajstić information content (AvgIpc) is 2.75. The number of nitrogens with zero attached hydrogens (tertiary/aromatic N) is 3. The largest absolute Gasteiger partial charge is 0.369 e. The van der Waals surface area contributed by atoms with Crippen LogP contribution in [0.5, 0.6) is 0 Å². The molecule has 0 aliphatic carbocycles. The summed E-state index contributed by atoms with van der Waals surface area (Å²) >= 11 is 0. The molecule has 0 radical (unpaired) electrons. The summed E-state index contributed by atoms with van der Waals surface area (Å²) in [5.41, 5.74) is 8.82. The standard InChI is InChI=1S/C15H11FN4/c16-12-5-6-14-13(7-12)19-15(18)20(14)9-11-3-1-10(8-17)2-4-11/h1-7H,9H2,(H2,18,19). The van der Waals surface area contributed by atoms with Crippen LogP contribution in [0.4, 0.5) is 10.3 Å². The van der Waals surface area contributed by atoms with E-state index in [1.54, 1.807) is 18.2 Å². The maximum atomic E-state index is 13.2. The van der Waals surface area contributed by atoms with Gasteiger partial charge in [-0.2, -0.15) is 5.26 Å². The first-order valence-electron chi connectivity index (χ1n) is 6.07. The third kappa shape index (κ3) is 2.08. The number of anilines is 1. The van der Waals surface area contributed by atoms with Gasteiger partial charge in [-0.3, -0.25) is 0 Å². The van der Waals surface area contributed by atoms with Gasteiger partial charge in [0.2, 0.25) is 5.95 Å². The fourth-order valence-corrected chi connectivity index (χ4v) is 2.15. The molecule has 0 saturated carbocycles. The minimum atomic E-state index is -0.333. The molecule has 4 nitrogen and oxygen atoms in total. The molecule has 0 aliphatic rings. The number of nitrogen functional groups attached to an aromatic ring is 1. The van der Waals surface area contributed by atoms with E-state index < -0.39 is 0 Å². The smallest absolute Gasteiger partial charge is 0.201 e. The predicted molar refractivity (Wildman–Crippen MR) is 74.4 cm³/mol. The molecule has 0 spiro atoms. The second-order valence-corrected chi connectivity index (χ2v) is 4.50. The minimum absolute atomic E-state index is 0.333. The Kier molecular flexibility index (Phi) is 2.84. The van der Waals surface area contributed by atoms with Crippen molar-refractivity contribution in [2.75, 3.05) is 5.73 Å². The zero-order valence-corrected chi connectivity index (χ0v) is 10.5. The number of rotatable bonds is 2. The van der Waals surface area contributed by atoms with Gasteiger partial charge in [0.25, 0.3) is 0 Å². The van der Waals surface area contributed by atoms with Crippen molar-refractivity contribution in [2.45, 2.75) is 6.54 Å². The molecule has 0 unspecified atom stereocenters. The van der Waals surface area contributed by atoms with E-state index in [4.69, 9.17) is 11.0 Å². The molecule has 2 N–H and O–H groups in total. The lowest BCUT2D eigenvalue weighted by molar-refractivity contribution is 0.629. The van der Waals surface area contributed by atoms with Gasteiger partial charge in [0.15, 0.2) is 0 Å². The van der Waals surface area contributed by atoms with Crippen molar-refractivity contribution in [2.24, 2.45) is 0 Å². The van der Waals surface area contributed by atoms with Crippen LogP contribution >= 0.6 is 0 Å². The number of fused-ring (bicyclic) bond motifs is 1. The maximum Gasteiger partial charge on any atom is 0.201 e. The van der Waals surface area contributed by atoms with Crippen LogP contribution in [-0.4, -0.2) is 9.55 Å². The molecule has 1 aromatic heterocycles. The molecular weight excluding hydrogens is 255 g/mol. The molecule has 20 heavy (non-hydrogen) atoms. The molecular formula is C15H11FN4. The van der Waals surface area contributed by atoms with Gasteiger partial charge in [-0.25, -0.2) is 9.37 Å². The molecule has 0 fully saturated rings. The van der Waals surface area contributed by atoms with Crippen LogP contribution in [0.15, 0.2) is 42.5 Å². The van der Waals surface area contributed by atoms with E-state index in [-0.39, 0.29) is 5.82 Å². The van der Waals surface area contributed by atoms with E-state index in [0.717, 1.165) is 11.1 Å². The van der Waals surface area contributed by atoms with E-state index in [1.165, 1.54) is 12.1 Å². The fraction of sp³-hybridized carbons (Fsp3) is 0.0667. The van der Waals surface area contributed by atoms with Gasteiger partial charge in [-0.1, -0.05) is 12.1 Å². The first-order chi connectivity index (χ1) is 9.67. The third-order valence-electron chi connectivity index (χ3n) is 3.16. The molecule has 0 bridgehead atoms. The molecule has 3 aromatic rings. The maximum absolute atomic E-state index is 13.2. The Balaban J connectivity index is 2.01. The lowest BCUT2D eigenvalue weighted by atomic mass is 10.1. The van der Waals surface area contributed by atoms with Crippen molar-refractivity contribution < 1.29 is 4.39 Å². The third-order valence-corrected chi connectivity index (χ3v) is 3.16. The number of nitriles is 1. The molecule has 1 heterocycles. The number of halogens is 1. The van der Waals surface area contributed by atoms with Crippen LogP contribution in [0.2, 0.25) is 0 Å². The van der Waals surface area contributed by atoms with Crippen LogP contribution < -0.4 is 5.73 Å². The average molecular weight is 266 g/mol. The van der Waals surface area contributed by atoms with Crippen molar-refractivity contribution in [1.82, 2.24) is 9.55 Å². The monoisotopic (exact) mass is 266 g/mol. The second-order valence-electron chi connectivity index (χ2n) is 4.50. The molecule has 5 heteroatoms. The fourth-order valence-electron chi connectivity index (χ4n) is 2.15. The SMILES string of the molecule is N#Cc1ccc(Cn2c(N)nc3cc(F)ccc32)cc1. The Hall–Kier alpha value is -2.87. The lowest BCUT2D eigenvalue weighted by Gasteiger charge is -2.06. The van der Waals surface area contributed by atoms with Crippen molar-refractivity contribution in [1.29, 1.82) is 5.26 Å². The number of aromatic nitrogens is 2. The number of benzene rings is 2. The molecule has 0 saturated heterocycles. The normalized spacial score (nSPS) is 10.6. The van der Waals surface area contributed by atoms with Crippen molar-refractivity contribution in [3.63, 3.8) is 0 Å². The molecule has 0 atom stereocenters. The molecule has 3 rings (SSSR count). The number of nitrogens with two attached hydrogens (primary N) is 1. The van der Waals surface area contributed by atoms with E-state index in [0.29, 0.717) is 23.6 Å². The Bertz CT molecular complexity index is 812. The summed E-state index contributed by atoms with van der Waals surface area (Å²) in [5.74, 6) is 0.00971. The first-order valence-corrected chi connectivity index (χ1v) is 6.07. The zero-order chi connectivity index (χ0) is 14.1. The minimum Gasteiger partial charge on any atom is -0.369 e. The molecule has 0 amide bonds. The second kappa shape index (κ2) is 4.67. The zero-order valence-electron chi connectivity index (χ0n) is 10.5. The van der Waals surface area contributed by atoms with Gasteiger partial charge in [0.05, 0.1) is 29.2 Å². The number of imidazole rings is 1. The summed E-state index contributed by atoms with van der Waals surface area (Å²) in [6.45, 7) is 0.527. The number of hydrogen-bond donors (Lipinski definition) is 1. The van der Waals surface area contributed by atoms with Gasteiger partial charge in [0.1, 0.15) is 5.82 Å². The van der Waals surface area contributed by atoms with Crippen LogP contribution in [-0.2, 0) is 6.54 Å². The lowest BCUT2D eigenvalue weighted by Crippen LogP contribution is -2.04. The van der Waals surface area contributed by atoms with E-state index in [9.17, 15) is 4.39 Å². The Morgan fingerprint density at radius 1 is 1.20 bits per heavy atom. The van der Waals surface area contributed by atoms with Gasteiger partial charge >= 0.3 is 0 Å². The first kappa shape index (κ1) is 12.2. The molecule has 0 aliphatic heterocycles. The summed E-state index contributed by atoms with van der Waals surface area (Å²) in [5, 5.41) is 8.78. The quantitative estimate of drug-likeness (QED) is 0.775. The van der Waals surface area contributed by atoms with Gasteiger partial charge in [-0.15, -0.1) is 0 Å². The predicted octanol–water partition coefficient (Wildman–Crippen LogP) is 2.68. The highest BCUT2D eigenvalue weighted by molar-refractivity contribution is 5.78. The highest BCUT2D eigenvalue weighted by Gasteiger charge is 2.09. The topological polar surface area (TPSA) is 67.6 Å². The summed E-state index contributed by atoms with van der Waals surface area (Å²) in [6, 6.07) is 13.7. The Labute approximate surface area is 114 Å². The van der Waals surface area contributed by atoms with Gasteiger partial charge in [-0.05, 0) is 29.8 Å². The van der Waals surface area contributed by atoms with Crippen molar-refractivity contribution in [3.05, 3.63) is 59.4 Å². The van der Waals surface area contributed by atoms with E-state index in [1.807, 2.05) is 16.7 Å². The van der Waals surface area contributed by atoms with Crippen molar-refractivity contribution in [3.8, 4) is 6.07 Å². The summed E-state index contributed by atoms with van der Waals surface area (Å²) < 4.78 is 15.0. The van der Waals surface area contributed by atoms with E-state index >= 15 is 0 Å². The van der Waals surface area contributed by atoms with Gasteiger partial charge in [0, 0.05) is 6.07 Å². The molecule has 98 valence electrons. The van der Waals surface area contributed by atoms with Gasteiger partial charge < -0.3 is 10.3 Å². The van der Waals surface area contributed by atoms with Crippen LogP contribution in [0, 0.1) is 17.1 Å². The van der Waals surface area contributed by atoms with Crippen LogP contribution in [0.3, 0.4) is 0 Å². The Morgan fingerprint density at radius 2 is 1.95 bits per heavy atom.